The van der Waals surface area contributed by atoms with Gasteiger partial charge in [0, 0.05) is 0 Å². The molecule has 2 heterocycles. The lowest BCUT2D eigenvalue weighted by atomic mass is 10.2. The Balaban J connectivity index is 1.69. The minimum atomic E-state index is -3.65. The quantitative estimate of drug-likeness (QED) is 0.645. The molecule has 2 aromatic heterocycles. The van der Waals surface area contributed by atoms with Crippen LogP contribution in [0.25, 0.3) is 10.7 Å². The van der Waals surface area contributed by atoms with Gasteiger partial charge < -0.3 is 9.84 Å². The molecule has 3 aromatic rings. The molecule has 0 saturated heterocycles. The number of benzene rings is 1. The van der Waals surface area contributed by atoms with Crippen LogP contribution in [0.1, 0.15) is 12.8 Å². The maximum absolute atomic E-state index is 12.5. The number of hydrogen-bond acceptors (Lipinski definition) is 7. The van der Waals surface area contributed by atoms with Crippen molar-refractivity contribution < 1.29 is 17.7 Å². The maximum atomic E-state index is 12.5. The Kier molecular flexibility index (Phi) is 5.57. The molecule has 1 N–H and O–H groups in total. The molecule has 10 heteroatoms. The molecule has 1 atom stereocenters. The van der Waals surface area contributed by atoms with Crippen molar-refractivity contribution in [3.05, 3.63) is 53.7 Å². The number of rotatable bonds is 7. The number of aromatic nitrogens is 2. The van der Waals surface area contributed by atoms with Crippen LogP contribution < -0.4 is 9.62 Å². The molecule has 0 fully saturated rings. The van der Waals surface area contributed by atoms with Gasteiger partial charge in [-0.1, -0.05) is 29.4 Å². The van der Waals surface area contributed by atoms with Gasteiger partial charge in [-0.2, -0.15) is 4.98 Å². The summed E-state index contributed by atoms with van der Waals surface area (Å²) >= 11 is 1.48. The summed E-state index contributed by atoms with van der Waals surface area (Å²) in [7, 11) is -3.65. The Morgan fingerprint density at radius 2 is 2.00 bits per heavy atom. The van der Waals surface area contributed by atoms with Crippen LogP contribution in [0, 0.1) is 0 Å². The van der Waals surface area contributed by atoms with Crippen molar-refractivity contribution in [2.24, 2.45) is 0 Å². The molecule has 1 aromatic carbocycles. The van der Waals surface area contributed by atoms with Crippen molar-refractivity contribution in [3.63, 3.8) is 0 Å². The van der Waals surface area contributed by atoms with Crippen molar-refractivity contribution in [1.82, 2.24) is 15.5 Å². The Morgan fingerprint density at radius 1 is 1.26 bits per heavy atom. The summed E-state index contributed by atoms with van der Waals surface area (Å²) in [5, 5.41) is 8.41. The monoisotopic (exact) mass is 406 g/mol. The van der Waals surface area contributed by atoms with E-state index < -0.39 is 22.0 Å². The summed E-state index contributed by atoms with van der Waals surface area (Å²) in [6, 6.07) is 11.3. The summed E-state index contributed by atoms with van der Waals surface area (Å²) in [6.45, 7) is 1.53. The molecule has 3 rings (SSSR count). The van der Waals surface area contributed by atoms with E-state index in [0.29, 0.717) is 11.5 Å². The fraction of sp³-hybridized carbons (Fsp3) is 0.235. The van der Waals surface area contributed by atoms with E-state index in [4.69, 9.17) is 4.52 Å². The third kappa shape index (κ3) is 4.52. The normalized spacial score (nSPS) is 12.5. The fourth-order valence-electron chi connectivity index (χ4n) is 2.53. The largest absolute Gasteiger partial charge is 0.345 e. The van der Waals surface area contributed by atoms with Gasteiger partial charge in [-0.3, -0.25) is 9.10 Å². The summed E-state index contributed by atoms with van der Waals surface area (Å²) in [5.74, 6) is 0.217. The van der Waals surface area contributed by atoms with Crippen LogP contribution in [0.4, 0.5) is 5.69 Å². The van der Waals surface area contributed by atoms with Gasteiger partial charge in [0.05, 0.1) is 23.4 Å². The lowest BCUT2D eigenvalue weighted by Gasteiger charge is -2.28. The molecule has 0 unspecified atom stereocenters. The number of carbonyl (C=O) groups excluding carboxylic acids is 1. The molecule has 0 saturated carbocycles. The average molecular weight is 406 g/mol. The lowest BCUT2D eigenvalue weighted by Crippen LogP contribution is -2.47. The molecule has 0 aliphatic carbocycles. The number of nitrogens with zero attached hydrogens (tertiary/aromatic N) is 3. The first-order chi connectivity index (χ1) is 12.9. The zero-order chi connectivity index (χ0) is 19.4. The van der Waals surface area contributed by atoms with E-state index in [2.05, 4.69) is 15.5 Å². The molecule has 0 aliphatic heterocycles. The standard InChI is InChI=1S/C17H18N4O4S2/c1-12(21(27(2,23)24)13-7-4-3-5-8-13)17(22)18-11-15-19-16(20-25-15)14-9-6-10-26-14/h3-10,12H,11H2,1-2H3,(H,18,22)/t12-/m0/s1. The molecule has 142 valence electrons. The highest BCUT2D eigenvalue weighted by atomic mass is 32.2. The topological polar surface area (TPSA) is 105 Å². The minimum absolute atomic E-state index is 0.00788. The molecule has 0 spiro atoms. The molecule has 1 amide bonds. The molecule has 8 nitrogen and oxygen atoms in total. The minimum Gasteiger partial charge on any atom is -0.345 e. The summed E-state index contributed by atoms with van der Waals surface area (Å²) in [5.41, 5.74) is 0.417. The first-order valence-electron chi connectivity index (χ1n) is 8.05. The predicted molar refractivity (Wildman–Crippen MR) is 103 cm³/mol. The van der Waals surface area contributed by atoms with Crippen LogP contribution in [-0.4, -0.2) is 36.8 Å². The van der Waals surface area contributed by atoms with E-state index in [1.165, 1.54) is 18.3 Å². The van der Waals surface area contributed by atoms with Gasteiger partial charge >= 0.3 is 0 Å². The zero-order valence-electron chi connectivity index (χ0n) is 14.7. The van der Waals surface area contributed by atoms with Crippen LogP contribution >= 0.6 is 11.3 Å². The number of thiophene rings is 1. The van der Waals surface area contributed by atoms with E-state index >= 15 is 0 Å². The number of hydrogen-bond donors (Lipinski definition) is 1. The smallest absolute Gasteiger partial charge is 0.246 e. The van der Waals surface area contributed by atoms with Crippen molar-refractivity contribution in [3.8, 4) is 10.7 Å². The van der Waals surface area contributed by atoms with Crippen LogP contribution in [0.3, 0.4) is 0 Å². The van der Waals surface area contributed by atoms with E-state index in [-0.39, 0.29) is 12.4 Å². The van der Waals surface area contributed by atoms with Crippen molar-refractivity contribution in [1.29, 1.82) is 0 Å². The Morgan fingerprint density at radius 3 is 2.63 bits per heavy atom. The SMILES string of the molecule is C[C@@H](C(=O)NCc1nc(-c2cccs2)no1)N(c1ccccc1)S(C)(=O)=O. The highest BCUT2D eigenvalue weighted by Crippen LogP contribution is 2.22. The Hall–Kier alpha value is -2.72. The van der Waals surface area contributed by atoms with Gasteiger partial charge in [-0.05, 0) is 30.5 Å². The third-order valence-corrected chi connectivity index (χ3v) is 5.83. The average Bonchev–Trinajstić information content (AvgIpc) is 3.31. The van der Waals surface area contributed by atoms with Gasteiger partial charge in [0.25, 0.3) is 0 Å². The van der Waals surface area contributed by atoms with Crippen molar-refractivity contribution >= 4 is 33.0 Å². The number of para-hydroxylation sites is 1. The van der Waals surface area contributed by atoms with Crippen molar-refractivity contribution in [2.45, 2.75) is 19.5 Å². The van der Waals surface area contributed by atoms with E-state index in [0.717, 1.165) is 15.4 Å². The highest BCUT2D eigenvalue weighted by molar-refractivity contribution is 7.92. The van der Waals surface area contributed by atoms with E-state index in [1.54, 1.807) is 30.3 Å². The molecular formula is C17H18N4O4S2. The van der Waals surface area contributed by atoms with Crippen LogP contribution in [0.15, 0.2) is 52.4 Å². The summed E-state index contributed by atoms with van der Waals surface area (Å²) < 4.78 is 30.6. The summed E-state index contributed by atoms with van der Waals surface area (Å²) in [6.07, 6.45) is 1.06. The number of amides is 1. The van der Waals surface area contributed by atoms with Crippen LogP contribution in [0.2, 0.25) is 0 Å². The summed E-state index contributed by atoms with van der Waals surface area (Å²) in [4.78, 5) is 17.6. The van der Waals surface area contributed by atoms with E-state index in [9.17, 15) is 13.2 Å². The molecule has 0 bridgehead atoms. The molecule has 0 radical (unpaired) electrons. The van der Waals surface area contributed by atoms with Gasteiger partial charge in [0.1, 0.15) is 6.04 Å². The lowest BCUT2D eigenvalue weighted by molar-refractivity contribution is -0.122. The molecule has 0 aliphatic rings. The Labute approximate surface area is 160 Å². The molecular weight excluding hydrogens is 388 g/mol. The second-order valence-electron chi connectivity index (χ2n) is 5.78. The predicted octanol–water partition coefficient (Wildman–Crippen LogP) is 2.27. The zero-order valence-corrected chi connectivity index (χ0v) is 16.3. The second-order valence-corrected chi connectivity index (χ2v) is 8.58. The fourth-order valence-corrected chi connectivity index (χ4v) is 4.35. The second kappa shape index (κ2) is 7.89. The number of carbonyl (C=O) groups is 1. The van der Waals surface area contributed by atoms with Gasteiger partial charge in [-0.15, -0.1) is 11.3 Å². The van der Waals surface area contributed by atoms with Gasteiger partial charge in [0.15, 0.2) is 0 Å². The maximum Gasteiger partial charge on any atom is 0.246 e. The van der Waals surface area contributed by atoms with Gasteiger partial charge in [0.2, 0.25) is 27.6 Å². The van der Waals surface area contributed by atoms with Crippen molar-refractivity contribution in [2.75, 3.05) is 10.6 Å². The van der Waals surface area contributed by atoms with Gasteiger partial charge in [-0.25, -0.2) is 8.42 Å². The molecule has 27 heavy (non-hydrogen) atoms. The van der Waals surface area contributed by atoms with Crippen LogP contribution in [-0.2, 0) is 21.4 Å². The third-order valence-electron chi connectivity index (χ3n) is 3.72. The first-order valence-corrected chi connectivity index (χ1v) is 10.8. The Bertz CT molecular complexity index is 1000. The number of nitrogens with one attached hydrogen (secondary N) is 1. The van der Waals surface area contributed by atoms with Crippen LogP contribution in [0.5, 0.6) is 0 Å². The number of anilines is 1. The first kappa shape index (κ1) is 19.1. The number of sulfonamides is 1. The van der Waals surface area contributed by atoms with E-state index in [1.807, 2.05) is 17.5 Å². The highest BCUT2D eigenvalue weighted by Gasteiger charge is 2.29.